The summed E-state index contributed by atoms with van der Waals surface area (Å²) in [6.07, 6.45) is 0. The molecule has 5 nitrogen and oxygen atoms in total. The Labute approximate surface area is 107 Å². The second-order valence-corrected chi connectivity index (χ2v) is 4.81. The van der Waals surface area contributed by atoms with Gasteiger partial charge in [-0.15, -0.1) is 0 Å². The van der Waals surface area contributed by atoms with E-state index >= 15 is 0 Å². The quantitative estimate of drug-likeness (QED) is 0.831. The molecule has 0 spiro atoms. The zero-order chi connectivity index (χ0) is 13.3. The molecule has 98 valence electrons. The largest absolute Gasteiger partial charge is 0.493 e. The van der Waals surface area contributed by atoms with Crippen molar-refractivity contribution in [1.29, 1.82) is 0 Å². The summed E-state index contributed by atoms with van der Waals surface area (Å²) in [7, 11) is 3.16. The number of nitrogen functional groups attached to an aromatic ring is 1. The van der Waals surface area contributed by atoms with Crippen LogP contribution in [0.5, 0.6) is 11.5 Å². The molecule has 0 bridgehead atoms. The number of anilines is 1. The minimum absolute atomic E-state index is 0.213. The average Bonchev–Trinajstić information content (AvgIpc) is 2.69. The molecular formula is C13H18N2O3. The van der Waals surface area contributed by atoms with Gasteiger partial charge in [0.15, 0.2) is 11.5 Å². The molecule has 0 radical (unpaired) electrons. The highest BCUT2D eigenvalue weighted by Crippen LogP contribution is 2.34. The molecule has 5 heteroatoms. The highest BCUT2D eigenvalue weighted by Gasteiger charge is 2.28. The van der Waals surface area contributed by atoms with E-state index in [4.69, 9.17) is 19.9 Å². The minimum atomic E-state index is -0.213. The Kier molecular flexibility index (Phi) is 3.07. The van der Waals surface area contributed by atoms with Crippen molar-refractivity contribution in [3.63, 3.8) is 0 Å². The summed E-state index contributed by atoms with van der Waals surface area (Å²) in [5.41, 5.74) is 7.07. The summed E-state index contributed by atoms with van der Waals surface area (Å²) in [4.78, 5) is 4.50. The van der Waals surface area contributed by atoms with Gasteiger partial charge in [0, 0.05) is 11.8 Å². The van der Waals surface area contributed by atoms with Crippen molar-refractivity contribution >= 4 is 11.6 Å². The first-order valence-electron chi connectivity index (χ1n) is 5.71. The number of hydrogen-bond donors (Lipinski definition) is 1. The Balaban J connectivity index is 2.46. The van der Waals surface area contributed by atoms with Gasteiger partial charge in [0.05, 0.1) is 25.3 Å². The zero-order valence-corrected chi connectivity index (χ0v) is 11.1. The first-order valence-corrected chi connectivity index (χ1v) is 5.71. The summed E-state index contributed by atoms with van der Waals surface area (Å²) in [6, 6.07) is 3.50. The molecule has 1 aliphatic heterocycles. The lowest BCUT2D eigenvalue weighted by Gasteiger charge is -2.12. The van der Waals surface area contributed by atoms with Crippen LogP contribution >= 0.6 is 0 Å². The molecule has 0 amide bonds. The first kappa shape index (κ1) is 12.5. The SMILES string of the molecule is COc1cc(N)c(C2=NC(C)(C)CO2)cc1OC. The maximum Gasteiger partial charge on any atom is 0.219 e. The molecule has 0 atom stereocenters. The maximum absolute atomic E-state index is 5.99. The van der Waals surface area contributed by atoms with Gasteiger partial charge in [0.25, 0.3) is 0 Å². The van der Waals surface area contributed by atoms with Gasteiger partial charge >= 0.3 is 0 Å². The Morgan fingerprint density at radius 2 is 1.83 bits per heavy atom. The van der Waals surface area contributed by atoms with Gasteiger partial charge in [-0.05, 0) is 19.9 Å². The highest BCUT2D eigenvalue weighted by atomic mass is 16.5. The van der Waals surface area contributed by atoms with Crippen LogP contribution in [0.2, 0.25) is 0 Å². The normalized spacial score (nSPS) is 17.0. The zero-order valence-electron chi connectivity index (χ0n) is 11.1. The summed E-state index contributed by atoms with van der Waals surface area (Å²) in [5.74, 6) is 1.76. The Morgan fingerprint density at radius 3 is 2.33 bits per heavy atom. The maximum atomic E-state index is 5.99. The third kappa shape index (κ3) is 2.20. The topological polar surface area (TPSA) is 66.1 Å². The van der Waals surface area contributed by atoms with E-state index in [1.165, 1.54) is 0 Å². The molecule has 1 aromatic carbocycles. The van der Waals surface area contributed by atoms with Crippen LogP contribution in [-0.4, -0.2) is 32.3 Å². The van der Waals surface area contributed by atoms with E-state index in [1.807, 2.05) is 13.8 Å². The van der Waals surface area contributed by atoms with E-state index in [1.54, 1.807) is 26.4 Å². The Bertz CT molecular complexity index is 495. The second kappa shape index (κ2) is 4.40. The van der Waals surface area contributed by atoms with Gasteiger partial charge in [-0.3, -0.25) is 0 Å². The monoisotopic (exact) mass is 250 g/mol. The lowest BCUT2D eigenvalue weighted by atomic mass is 10.1. The fraction of sp³-hybridized carbons (Fsp3) is 0.462. The van der Waals surface area contributed by atoms with Crippen LogP contribution in [0.25, 0.3) is 0 Å². The molecule has 1 heterocycles. The smallest absolute Gasteiger partial charge is 0.219 e. The molecule has 1 aromatic rings. The van der Waals surface area contributed by atoms with Crippen LogP contribution in [0.1, 0.15) is 19.4 Å². The standard InChI is InChI=1S/C13H18N2O3/c1-13(2)7-18-12(15-13)8-5-10(16-3)11(17-4)6-9(8)14/h5-6H,7,14H2,1-4H3. The fourth-order valence-electron chi connectivity index (χ4n) is 1.80. The van der Waals surface area contributed by atoms with Crippen molar-refractivity contribution < 1.29 is 14.2 Å². The summed E-state index contributed by atoms with van der Waals surface area (Å²) in [6.45, 7) is 4.57. The van der Waals surface area contributed by atoms with Gasteiger partial charge in [-0.1, -0.05) is 0 Å². The predicted molar refractivity (Wildman–Crippen MR) is 70.5 cm³/mol. The van der Waals surface area contributed by atoms with Gasteiger partial charge in [-0.25, -0.2) is 4.99 Å². The Morgan fingerprint density at radius 1 is 1.22 bits per heavy atom. The number of rotatable bonds is 3. The lowest BCUT2D eigenvalue weighted by molar-refractivity contribution is 0.279. The van der Waals surface area contributed by atoms with Crippen LogP contribution in [0, 0.1) is 0 Å². The molecule has 0 aromatic heterocycles. The highest BCUT2D eigenvalue weighted by molar-refractivity contribution is 6.01. The molecule has 0 aliphatic carbocycles. The summed E-state index contributed by atoms with van der Waals surface area (Å²) in [5, 5.41) is 0. The van der Waals surface area contributed by atoms with E-state index in [2.05, 4.69) is 4.99 Å². The predicted octanol–water partition coefficient (Wildman–Crippen LogP) is 1.84. The number of hydrogen-bond acceptors (Lipinski definition) is 5. The third-order valence-electron chi connectivity index (χ3n) is 2.75. The van der Waals surface area contributed by atoms with E-state index in [-0.39, 0.29) is 5.54 Å². The van der Waals surface area contributed by atoms with Crippen LogP contribution in [-0.2, 0) is 4.74 Å². The number of benzene rings is 1. The van der Waals surface area contributed by atoms with E-state index < -0.39 is 0 Å². The van der Waals surface area contributed by atoms with Gasteiger partial charge in [0.1, 0.15) is 6.61 Å². The van der Waals surface area contributed by atoms with Gasteiger partial charge in [0.2, 0.25) is 5.90 Å². The number of ether oxygens (including phenoxy) is 3. The first-order chi connectivity index (χ1) is 8.46. The van der Waals surface area contributed by atoms with E-state index in [9.17, 15) is 0 Å². The molecule has 18 heavy (non-hydrogen) atoms. The van der Waals surface area contributed by atoms with Crippen LogP contribution < -0.4 is 15.2 Å². The average molecular weight is 250 g/mol. The van der Waals surface area contributed by atoms with Crippen molar-refractivity contribution in [2.75, 3.05) is 26.6 Å². The summed E-state index contributed by atoms with van der Waals surface area (Å²) >= 11 is 0. The molecule has 0 fully saturated rings. The van der Waals surface area contributed by atoms with E-state index in [0.717, 1.165) is 5.56 Å². The number of aliphatic imine (C=N–C) groups is 1. The van der Waals surface area contributed by atoms with Crippen molar-refractivity contribution in [3.05, 3.63) is 17.7 Å². The van der Waals surface area contributed by atoms with Crippen LogP contribution in [0.15, 0.2) is 17.1 Å². The lowest BCUT2D eigenvalue weighted by Crippen LogP contribution is -2.17. The number of nitrogens with zero attached hydrogens (tertiary/aromatic N) is 1. The third-order valence-corrected chi connectivity index (χ3v) is 2.75. The van der Waals surface area contributed by atoms with Gasteiger partial charge in [-0.2, -0.15) is 0 Å². The molecule has 2 N–H and O–H groups in total. The number of methoxy groups -OCH3 is 2. The van der Waals surface area contributed by atoms with Crippen molar-refractivity contribution in [2.45, 2.75) is 19.4 Å². The molecule has 0 saturated carbocycles. The van der Waals surface area contributed by atoms with E-state index in [0.29, 0.717) is 29.7 Å². The number of nitrogens with two attached hydrogens (primary N) is 1. The second-order valence-electron chi connectivity index (χ2n) is 4.81. The minimum Gasteiger partial charge on any atom is -0.493 e. The van der Waals surface area contributed by atoms with Crippen molar-refractivity contribution in [1.82, 2.24) is 0 Å². The van der Waals surface area contributed by atoms with Gasteiger partial charge < -0.3 is 19.9 Å². The van der Waals surface area contributed by atoms with Crippen LogP contribution in [0.4, 0.5) is 5.69 Å². The van der Waals surface area contributed by atoms with Crippen molar-refractivity contribution in [2.24, 2.45) is 4.99 Å². The Hall–Kier alpha value is -1.91. The fourth-order valence-corrected chi connectivity index (χ4v) is 1.80. The van der Waals surface area contributed by atoms with Crippen LogP contribution in [0.3, 0.4) is 0 Å². The summed E-state index contributed by atoms with van der Waals surface area (Å²) < 4.78 is 16.0. The van der Waals surface area contributed by atoms with Crippen molar-refractivity contribution in [3.8, 4) is 11.5 Å². The molecule has 2 rings (SSSR count). The molecule has 1 aliphatic rings. The molecular weight excluding hydrogens is 232 g/mol. The molecule has 0 saturated heterocycles. The molecule has 0 unspecified atom stereocenters.